The monoisotopic (exact) mass is 388 g/mol. The van der Waals surface area contributed by atoms with Gasteiger partial charge in [0.1, 0.15) is 0 Å². The van der Waals surface area contributed by atoms with Crippen molar-refractivity contribution < 1.29 is 9.53 Å². The van der Waals surface area contributed by atoms with Gasteiger partial charge in [0.25, 0.3) is 0 Å². The van der Waals surface area contributed by atoms with Crippen molar-refractivity contribution in [3.63, 3.8) is 0 Å². The van der Waals surface area contributed by atoms with Gasteiger partial charge in [-0.25, -0.2) is 14.2 Å². The van der Waals surface area contributed by atoms with Crippen LogP contribution in [0.15, 0.2) is 24.3 Å². The van der Waals surface area contributed by atoms with E-state index in [0.717, 1.165) is 29.9 Å². The molecule has 0 N–H and O–H groups in total. The summed E-state index contributed by atoms with van der Waals surface area (Å²) in [5, 5.41) is 16.5. The Morgan fingerprint density at radius 3 is 2.59 bits per heavy atom. The standard InChI is InChI=1S/C18H21ClN6O2/c1-4-5-10-24-16(20-22-23-24)11-27-18(26)14-6-8-15(9-7-14)25-13(3)17(19)12(2)21-25/h6-9H,4-5,10-11H2,1-3H3. The summed E-state index contributed by atoms with van der Waals surface area (Å²) in [6, 6.07) is 7.00. The van der Waals surface area contributed by atoms with E-state index in [0.29, 0.717) is 23.0 Å². The lowest BCUT2D eigenvalue weighted by molar-refractivity contribution is 0.0456. The predicted molar refractivity (Wildman–Crippen MR) is 99.9 cm³/mol. The molecule has 0 spiro atoms. The third-order valence-electron chi connectivity index (χ3n) is 4.21. The lowest BCUT2D eigenvalue weighted by atomic mass is 10.2. The minimum Gasteiger partial charge on any atom is -0.454 e. The second-order valence-corrected chi connectivity index (χ2v) is 6.57. The molecule has 0 aliphatic rings. The van der Waals surface area contributed by atoms with Crippen LogP contribution in [0, 0.1) is 13.8 Å². The first kappa shape index (κ1) is 19.0. The zero-order chi connectivity index (χ0) is 19.4. The number of benzene rings is 1. The zero-order valence-electron chi connectivity index (χ0n) is 15.5. The number of carbonyl (C=O) groups is 1. The molecule has 3 rings (SSSR count). The van der Waals surface area contributed by atoms with E-state index in [1.807, 2.05) is 13.8 Å². The van der Waals surface area contributed by atoms with Crippen molar-refractivity contribution in [2.24, 2.45) is 0 Å². The van der Waals surface area contributed by atoms with Crippen LogP contribution in [0.2, 0.25) is 5.02 Å². The normalized spacial score (nSPS) is 11.0. The van der Waals surface area contributed by atoms with Crippen LogP contribution in [0.25, 0.3) is 5.69 Å². The number of carbonyl (C=O) groups excluding carboxylic acids is 1. The van der Waals surface area contributed by atoms with Crippen LogP contribution in [0.4, 0.5) is 0 Å². The molecule has 0 saturated carbocycles. The Labute approximate surface area is 162 Å². The quantitative estimate of drug-likeness (QED) is 0.577. The largest absolute Gasteiger partial charge is 0.454 e. The highest BCUT2D eigenvalue weighted by molar-refractivity contribution is 6.31. The van der Waals surface area contributed by atoms with Crippen molar-refractivity contribution in [3.05, 3.63) is 52.1 Å². The van der Waals surface area contributed by atoms with Crippen molar-refractivity contribution >= 4 is 17.6 Å². The summed E-state index contributed by atoms with van der Waals surface area (Å²) in [5.41, 5.74) is 2.88. The van der Waals surface area contributed by atoms with Gasteiger partial charge in [0.2, 0.25) is 0 Å². The predicted octanol–water partition coefficient (Wildman–Crippen LogP) is 3.29. The molecule has 0 atom stereocenters. The van der Waals surface area contributed by atoms with Gasteiger partial charge < -0.3 is 4.74 Å². The summed E-state index contributed by atoms with van der Waals surface area (Å²) >= 11 is 6.19. The highest BCUT2D eigenvalue weighted by Gasteiger charge is 2.14. The maximum absolute atomic E-state index is 12.3. The van der Waals surface area contributed by atoms with Crippen molar-refractivity contribution in [1.29, 1.82) is 0 Å². The van der Waals surface area contributed by atoms with Gasteiger partial charge in [-0.15, -0.1) is 5.10 Å². The Kier molecular flexibility index (Phi) is 5.85. The molecule has 3 aromatic rings. The fourth-order valence-corrected chi connectivity index (χ4v) is 2.75. The van der Waals surface area contributed by atoms with Crippen molar-refractivity contribution in [3.8, 4) is 5.69 Å². The number of unbranched alkanes of at least 4 members (excludes halogenated alkanes) is 1. The summed E-state index contributed by atoms with van der Waals surface area (Å²) in [6.07, 6.45) is 2.00. The molecule has 2 heterocycles. The fourth-order valence-electron chi connectivity index (χ4n) is 2.64. The topological polar surface area (TPSA) is 87.7 Å². The molecular weight excluding hydrogens is 368 g/mol. The van der Waals surface area contributed by atoms with E-state index >= 15 is 0 Å². The molecule has 9 heteroatoms. The molecule has 0 bridgehead atoms. The van der Waals surface area contributed by atoms with E-state index in [9.17, 15) is 4.79 Å². The van der Waals surface area contributed by atoms with Crippen LogP contribution in [0.1, 0.15) is 47.3 Å². The molecule has 0 aliphatic heterocycles. The molecule has 0 unspecified atom stereocenters. The molecule has 2 aromatic heterocycles. The lowest BCUT2D eigenvalue weighted by Crippen LogP contribution is -2.11. The number of ether oxygens (including phenoxy) is 1. The third-order valence-corrected chi connectivity index (χ3v) is 4.76. The van der Waals surface area contributed by atoms with E-state index in [2.05, 4.69) is 27.5 Å². The van der Waals surface area contributed by atoms with Crippen LogP contribution in [0.3, 0.4) is 0 Å². The Balaban J connectivity index is 1.66. The minimum absolute atomic E-state index is 0.0321. The van der Waals surface area contributed by atoms with Crippen LogP contribution >= 0.6 is 11.6 Å². The first-order valence-electron chi connectivity index (χ1n) is 8.75. The Morgan fingerprint density at radius 2 is 1.96 bits per heavy atom. The van der Waals surface area contributed by atoms with E-state index < -0.39 is 5.97 Å². The van der Waals surface area contributed by atoms with E-state index in [4.69, 9.17) is 16.3 Å². The lowest BCUT2D eigenvalue weighted by Gasteiger charge is -2.07. The maximum atomic E-state index is 12.3. The van der Waals surface area contributed by atoms with Crippen LogP contribution in [-0.4, -0.2) is 36.0 Å². The molecule has 27 heavy (non-hydrogen) atoms. The number of halogens is 1. The van der Waals surface area contributed by atoms with E-state index in [1.54, 1.807) is 33.6 Å². The maximum Gasteiger partial charge on any atom is 0.338 e. The van der Waals surface area contributed by atoms with E-state index in [1.165, 1.54) is 0 Å². The van der Waals surface area contributed by atoms with Gasteiger partial charge in [0.05, 0.1) is 27.7 Å². The Bertz CT molecular complexity index is 932. The summed E-state index contributed by atoms with van der Waals surface area (Å²) in [4.78, 5) is 12.3. The summed E-state index contributed by atoms with van der Waals surface area (Å²) in [6.45, 7) is 6.58. The average Bonchev–Trinajstić information content (AvgIpc) is 3.24. The summed E-state index contributed by atoms with van der Waals surface area (Å²) in [5.74, 6) is 0.101. The molecule has 8 nitrogen and oxygen atoms in total. The second-order valence-electron chi connectivity index (χ2n) is 6.19. The molecule has 0 amide bonds. The van der Waals surface area contributed by atoms with Gasteiger partial charge in [0.15, 0.2) is 12.4 Å². The smallest absolute Gasteiger partial charge is 0.338 e. The zero-order valence-corrected chi connectivity index (χ0v) is 16.3. The highest BCUT2D eigenvalue weighted by Crippen LogP contribution is 2.22. The minimum atomic E-state index is -0.432. The van der Waals surface area contributed by atoms with Gasteiger partial charge >= 0.3 is 5.97 Å². The Morgan fingerprint density at radius 1 is 1.22 bits per heavy atom. The highest BCUT2D eigenvalue weighted by atomic mass is 35.5. The number of aryl methyl sites for hydroxylation is 2. The van der Waals surface area contributed by atoms with Gasteiger partial charge in [0, 0.05) is 6.54 Å². The van der Waals surface area contributed by atoms with Crippen LogP contribution in [-0.2, 0) is 17.9 Å². The van der Waals surface area contributed by atoms with Gasteiger partial charge in [-0.2, -0.15) is 5.10 Å². The summed E-state index contributed by atoms with van der Waals surface area (Å²) < 4.78 is 8.74. The van der Waals surface area contributed by atoms with Gasteiger partial charge in [-0.3, -0.25) is 0 Å². The number of rotatable bonds is 7. The second kappa shape index (κ2) is 8.30. The van der Waals surface area contributed by atoms with Crippen LogP contribution < -0.4 is 0 Å². The molecule has 0 fully saturated rings. The number of aromatic nitrogens is 6. The third kappa shape index (κ3) is 4.16. The number of esters is 1. The number of tetrazole rings is 1. The number of nitrogens with zero attached hydrogens (tertiary/aromatic N) is 6. The SMILES string of the molecule is CCCCn1nnnc1COC(=O)c1ccc(-n2nc(C)c(Cl)c2C)cc1. The fraction of sp³-hybridized carbons (Fsp3) is 0.389. The molecular formula is C18H21ClN6O2. The van der Waals surface area contributed by atoms with Gasteiger partial charge in [-0.1, -0.05) is 24.9 Å². The number of hydrogen-bond donors (Lipinski definition) is 0. The first-order valence-corrected chi connectivity index (χ1v) is 9.13. The van der Waals surface area contributed by atoms with E-state index in [-0.39, 0.29) is 6.61 Å². The molecule has 1 aromatic carbocycles. The first-order chi connectivity index (χ1) is 13.0. The van der Waals surface area contributed by atoms with Crippen molar-refractivity contribution in [1.82, 2.24) is 30.0 Å². The Hall–Kier alpha value is -2.74. The molecule has 0 saturated heterocycles. The number of hydrogen-bond acceptors (Lipinski definition) is 6. The average molecular weight is 389 g/mol. The molecule has 0 aliphatic carbocycles. The summed E-state index contributed by atoms with van der Waals surface area (Å²) in [7, 11) is 0. The van der Waals surface area contributed by atoms with Crippen LogP contribution in [0.5, 0.6) is 0 Å². The van der Waals surface area contributed by atoms with Crippen molar-refractivity contribution in [2.75, 3.05) is 0 Å². The molecule has 0 radical (unpaired) electrons. The molecule has 142 valence electrons. The van der Waals surface area contributed by atoms with Gasteiger partial charge in [-0.05, 0) is 55.0 Å². The van der Waals surface area contributed by atoms with Crippen molar-refractivity contribution in [2.45, 2.75) is 46.8 Å².